The molecule has 0 aromatic carbocycles. The highest BCUT2D eigenvalue weighted by molar-refractivity contribution is 5.87. The summed E-state index contributed by atoms with van der Waals surface area (Å²) < 4.78 is 38.1. The number of alkyl halides is 3. The lowest BCUT2D eigenvalue weighted by molar-refractivity contribution is -0.141. The summed E-state index contributed by atoms with van der Waals surface area (Å²) in [5, 5.41) is 12.1. The van der Waals surface area contributed by atoms with Crippen molar-refractivity contribution in [3.63, 3.8) is 0 Å². The minimum Gasteiger partial charge on any atom is -0.476 e. The summed E-state index contributed by atoms with van der Waals surface area (Å²) >= 11 is 0. The van der Waals surface area contributed by atoms with E-state index in [1.165, 1.54) is 6.92 Å². The molecule has 17 heavy (non-hydrogen) atoms. The number of hydrogen-bond acceptors (Lipinski definition) is 3. The van der Waals surface area contributed by atoms with Crippen LogP contribution in [0.2, 0.25) is 0 Å². The Morgan fingerprint density at radius 3 is 2.59 bits per heavy atom. The number of carboxylic acid groups (broad SMARTS) is 1. The highest BCUT2D eigenvalue weighted by Gasteiger charge is 2.33. The van der Waals surface area contributed by atoms with Crippen LogP contribution in [0.3, 0.4) is 0 Å². The molecular weight excluding hydrogens is 239 g/mol. The second-order valence-electron chi connectivity index (χ2n) is 3.34. The summed E-state index contributed by atoms with van der Waals surface area (Å²) in [6, 6.07) is 1.84. The van der Waals surface area contributed by atoms with Gasteiger partial charge in [-0.1, -0.05) is 0 Å². The molecule has 1 N–H and O–H groups in total. The SMILES string of the molecule is Cc1c(C(=O)O)nc2ccc(C(F)(F)F)nn12. The summed E-state index contributed by atoms with van der Waals surface area (Å²) in [5.74, 6) is -1.30. The Hall–Kier alpha value is -2.12. The molecule has 2 aromatic heterocycles. The fraction of sp³-hybridized carbons (Fsp3) is 0.222. The van der Waals surface area contributed by atoms with Gasteiger partial charge in [0.25, 0.3) is 0 Å². The van der Waals surface area contributed by atoms with Crippen molar-refractivity contribution in [3.8, 4) is 0 Å². The summed E-state index contributed by atoms with van der Waals surface area (Å²) in [6.45, 7) is 1.34. The van der Waals surface area contributed by atoms with E-state index in [1.54, 1.807) is 0 Å². The zero-order valence-electron chi connectivity index (χ0n) is 8.49. The number of imidazole rings is 1. The first-order chi connectivity index (χ1) is 7.80. The van der Waals surface area contributed by atoms with Crippen molar-refractivity contribution in [2.24, 2.45) is 0 Å². The maximum absolute atomic E-state index is 12.4. The highest BCUT2D eigenvalue weighted by Crippen LogP contribution is 2.27. The normalized spacial score (nSPS) is 12.0. The number of aryl methyl sites for hydroxylation is 1. The molecule has 8 heteroatoms. The lowest BCUT2D eigenvalue weighted by Crippen LogP contribution is -2.11. The molecule has 2 rings (SSSR count). The smallest absolute Gasteiger partial charge is 0.435 e. The third-order valence-corrected chi connectivity index (χ3v) is 2.19. The largest absolute Gasteiger partial charge is 0.476 e. The van der Waals surface area contributed by atoms with Crippen molar-refractivity contribution >= 4 is 11.6 Å². The molecule has 5 nitrogen and oxygen atoms in total. The van der Waals surface area contributed by atoms with Gasteiger partial charge in [0.15, 0.2) is 17.0 Å². The first-order valence-corrected chi connectivity index (χ1v) is 4.47. The van der Waals surface area contributed by atoms with E-state index >= 15 is 0 Å². The van der Waals surface area contributed by atoms with Gasteiger partial charge in [0.2, 0.25) is 0 Å². The number of nitrogens with zero attached hydrogens (tertiary/aromatic N) is 3. The molecule has 0 fully saturated rings. The van der Waals surface area contributed by atoms with E-state index in [1.807, 2.05) is 0 Å². The molecule has 0 spiro atoms. The third kappa shape index (κ3) is 1.81. The van der Waals surface area contributed by atoms with Gasteiger partial charge in [-0.3, -0.25) is 0 Å². The number of rotatable bonds is 1. The van der Waals surface area contributed by atoms with Crippen LogP contribution < -0.4 is 0 Å². The van der Waals surface area contributed by atoms with Gasteiger partial charge in [-0.25, -0.2) is 14.3 Å². The Bertz CT molecular complexity index is 603. The molecule has 90 valence electrons. The summed E-state index contributed by atoms with van der Waals surface area (Å²) in [6.07, 6.45) is -4.58. The number of aromatic carboxylic acids is 1. The first kappa shape index (κ1) is 11.4. The monoisotopic (exact) mass is 245 g/mol. The number of carboxylic acids is 1. The molecule has 0 aliphatic heterocycles. The molecule has 0 atom stereocenters. The zero-order chi connectivity index (χ0) is 12.8. The predicted octanol–water partition coefficient (Wildman–Crippen LogP) is 1.75. The molecule has 0 unspecified atom stereocenters. The van der Waals surface area contributed by atoms with E-state index in [0.29, 0.717) is 0 Å². The van der Waals surface area contributed by atoms with E-state index in [9.17, 15) is 18.0 Å². The van der Waals surface area contributed by atoms with Crippen molar-refractivity contribution in [1.82, 2.24) is 14.6 Å². The second kappa shape index (κ2) is 3.44. The summed E-state index contributed by atoms with van der Waals surface area (Å²) in [4.78, 5) is 14.4. The van der Waals surface area contributed by atoms with Gasteiger partial charge in [-0.05, 0) is 19.1 Å². The van der Waals surface area contributed by atoms with Crippen molar-refractivity contribution in [3.05, 3.63) is 29.2 Å². The molecule has 0 radical (unpaired) electrons. The molecule has 0 amide bonds. The Labute approximate surface area is 92.5 Å². The second-order valence-corrected chi connectivity index (χ2v) is 3.34. The van der Waals surface area contributed by atoms with Crippen LogP contribution in [0.25, 0.3) is 5.65 Å². The summed E-state index contributed by atoms with van der Waals surface area (Å²) in [5.41, 5.74) is -1.29. The van der Waals surface area contributed by atoms with E-state index in [2.05, 4.69) is 10.1 Å². The topological polar surface area (TPSA) is 67.5 Å². The number of fused-ring (bicyclic) bond motifs is 1. The van der Waals surface area contributed by atoms with Crippen LogP contribution in [0, 0.1) is 6.92 Å². The van der Waals surface area contributed by atoms with Gasteiger partial charge in [0.1, 0.15) is 0 Å². The van der Waals surface area contributed by atoms with E-state index in [-0.39, 0.29) is 17.0 Å². The Morgan fingerprint density at radius 2 is 2.06 bits per heavy atom. The minimum atomic E-state index is -4.58. The van der Waals surface area contributed by atoms with E-state index in [4.69, 9.17) is 5.11 Å². The van der Waals surface area contributed by atoms with Gasteiger partial charge in [-0.15, -0.1) is 0 Å². The molecule has 0 aliphatic rings. The van der Waals surface area contributed by atoms with Gasteiger partial charge < -0.3 is 5.11 Å². The van der Waals surface area contributed by atoms with Gasteiger partial charge in [0.05, 0.1) is 5.69 Å². The quantitative estimate of drug-likeness (QED) is 0.831. The average Bonchev–Trinajstić information content (AvgIpc) is 2.54. The fourth-order valence-electron chi connectivity index (χ4n) is 1.40. The molecule has 2 heterocycles. The molecule has 2 aromatic rings. The summed E-state index contributed by atoms with van der Waals surface area (Å²) in [7, 11) is 0. The van der Waals surface area contributed by atoms with Crippen molar-refractivity contribution in [2.75, 3.05) is 0 Å². The number of carbonyl (C=O) groups is 1. The molecule has 0 saturated heterocycles. The maximum Gasteiger partial charge on any atom is 0.435 e. The van der Waals surface area contributed by atoms with Gasteiger partial charge in [-0.2, -0.15) is 18.3 Å². The molecule has 0 saturated carbocycles. The number of hydrogen-bond donors (Lipinski definition) is 1. The predicted molar refractivity (Wildman–Crippen MR) is 49.7 cm³/mol. The lowest BCUT2D eigenvalue weighted by atomic mass is 10.3. The number of halogens is 3. The molecular formula is C9H6F3N3O2. The van der Waals surface area contributed by atoms with Crippen LogP contribution in [-0.4, -0.2) is 25.7 Å². The van der Waals surface area contributed by atoms with Crippen LogP contribution in [0.4, 0.5) is 13.2 Å². The lowest BCUT2D eigenvalue weighted by Gasteiger charge is -2.05. The van der Waals surface area contributed by atoms with Crippen molar-refractivity contribution in [1.29, 1.82) is 0 Å². The van der Waals surface area contributed by atoms with Crippen LogP contribution >= 0.6 is 0 Å². The van der Waals surface area contributed by atoms with E-state index < -0.39 is 17.8 Å². The first-order valence-electron chi connectivity index (χ1n) is 4.47. The molecule has 0 aliphatic carbocycles. The fourth-order valence-corrected chi connectivity index (χ4v) is 1.40. The van der Waals surface area contributed by atoms with Crippen LogP contribution in [-0.2, 0) is 6.18 Å². The minimum absolute atomic E-state index is 0.0543. The number of aromatic nitrogens is 3. The highest BCUT2D eigenvalue weighted by atomic mass is 19.4. The van der Waals surface area contributed by atoms with E-state index in [0.717, 1.165) is 16.6 Å². The Kier molecular flexibility index (Phi) is 2.30. The average molecular weight is 245 g/mol. The van der Waals surface area contributed by atoms with Crippen LogP contribution in [0.15, 0.2) is 12.1 Å². The maximum atomic E-state index is 12.4. The Balaban J connectivity index is 2.70. The van der Waals surface area contributed by atoms with Crippen LogP contribution in [0.5, 0.6) is 0 Å². The zero-order valence-corrected chi connectivity index (χ0v) is 8.49. The third-order valence-electron chi connectivity index (χ3n) is 2.19. The van der Waals surface area contributed by atoms with Gasteiger partial charge in [0, 0.05) is 0 Å². The van der Waals surface area contributed by atoms with Gasteiger partial charge >= 0.3 is 12.1 Å². The van der Waals surface area contributed by atoms with Crippen molar-refractivity contribution < 1.29 is 23.1 Å². The van der Waals surface area contributed by atoms with Crippen LogP contribution in [0.1, 0.15) is 21.9 Å². The Morgan fingerprint density at radius 1 is 1.41 bits per heavy atom. The van der Waals surface area contributed by atoms with Crippen molar-refractivity contribution in [2.45, 2.75) is 13.1 Å². The molecule has 0 bridgehead atoms. The standard InChI is InChI=1S/C9H6F3N3O2/c1-4-7(8(16)17)13-6-3-2-5(9(10,11)12)14-15(4)6/h2-3H,1H3,(H,16,17).